The van der Waals surface area contributed by atoms with Crippen molar-refractivity contribution >= 4 is 11.7 Å². The van der Waals surface area contributed by atoms with Gasteiger partial charge in [-0.25, -0.2) is 4.98 Å². The minimum absolute atomic E-state index is 0.189. The molecule has 1 saturated carbocycles. The van der Waals surface area contributed by atoms with Crippen molar-refractivity contribution in [1.29, 1.82) is 0 Å². The monoisotopic (exact) mass is 356 g/mol. The molecule has 3 heterocycles. The van der Waals surface area contributed by atoms with Crippen LogP contribution in [0.1, 0.15) is 50.4 Å². The van der Waals surface area contributed by atoms with Gasteiger partial charge in [-0.1, -0.05) is 20.8 Å². The van der Waals surface area contributed by atoms with E-state index in [1.807, 2.05) is 12.1 Å². The number of aromatic nitrogens is 1. The fourth-order valence-electron chi connectivity index (χ4n) is 5.62. The highest BCUT2D eigenvalue weighted by Gasteiger charge is 2.51. The van der Waals surface area contributed by atoms with Gasteiger partial charge in [0.05, 0.1) is 0 Å². The lowest BCUT2D eigenvalue weighted by atomic mass is 9.65. The molecule has 142 valence electrons. The van der Waals surface area contributed by atoms with E-state index < -0.39 is 0 Å². The first kappa shape index (κ1) is 17.8. The standard InChI is InChI=1S/C21H32N4O/c1-20(2)12-17-13-21(3,14-20)15-25(17)19(26)16-5-6-22-18(11-16)24-9-7-23(4)8-10-24/h5-6,11,17H,7-10,12-15H2,1-4H3. The summed E-state index contributed by atoms with van der Waals surface area (Å²) in [5.74, 6) is 1.13. The number of anilines is 1. The maximum absolute atomic E-state index is 13.3. The van der Waals surface area contributed by atoms with Gasteiger partial charge in [0, 0.05) is 50.5 Å². The van der Waals surface area contributed by atoms with Crippen LogP contribution in [0.4, 0.5) is 5.82 Å². The molecule has 2 saturated heterocycles. The minimum Gasteiger partial charge on any atom is -0.354 e. The summed E-state index contributed by atoms with van der Waals surface area (Å²) in [7, 11) is 2.15. The first-order chi connectivity index (χ1) is 12.2. The van der Waals surface area contributed by atoms with Crippen LogP contribution in [-0.4, -0.2) is 66.5 Å². The summed E-state index contributed by atoms with van der Waals surface area (Å²) in [4.78, 5) is 24.6. The average Bonchev–Trinajstić information content (AvgIpc) is 2.84. The highest BCUT2D eigenvalue weighted by molar-refractivity contribution is 5.95. The molecule has 1 aromatic rings. The van der Waals surface area contributed by atoms with Crippen LogP contribution in [-0.2, 0) is 0 Å². The van der Waals surface area contributed by atoms with Gasteiger partial charge in [-0.15, -0.1) is 0 Å². The van der Waals surface area contributed by atoms with Gasteiger partial charge in [0.1, 0.15) is 5.82 Å². The average molecular weight is 357 g/mol. The Labute approximate surface area is 157 Å². The largest absolute Gasteiger partial charge is 0.354 e. The lowest BCUT2D eigenvalue weighted by molar-refractivity contribution is 0.0708. The molecule has 1 amide bonds. The van der Waals surface area contributed by atoms with Crippen LogP contribution in [0.25, 0.3) is 0 Å². The van der Waals surface area contributed by atoms with Crippen LogP contribution in [0.2, 0.25) is 0 Å². The third kappa shape index (κ3) is 3.34. The summed E-state index contributed by atoms with van der Waals surface area (Å²) in [5.41, 5.74) is 1.40. The van der Waals surface area contributed by atoms with E-state index in [-0.39, 0.29) is 11.3 Å². The first-order valence-electron chi connectivity index (χ1n) is 9.95. The molecular formula is C21H32N4O. The predicted octanol–water partition coefficient (Wildman–Crippen LogP) is 2.87. The van der Waals surface area contributed by atoms with Crippen molar-refractivity contribution in [2.45, 2.75) is 46.1 Å². The molecule has 5 nitrogen and oxygen atoms in total. The summed E-state index contributed by atoms with van der Waals surface area (Å²) < 4.78 is 0. The van der Waals surface area contributed by atoms with Gasteiger partial charge in [-0.05, 0) is 49.3 Å². The van der Waals surface area contributed by atoms with Gasteiger partial charge in [-0.3, -0.25) is 4.79 Å². The van der Waals surface area contributed by atoms with Crippen LogP contribution in [0, 0.1) is 10.8 Å². The molecule has 0 N–H and O–H groups in total. The molecule has 1 aliphatic carbocycles. The Bertz CT molecular complexity index is 695. The second-order valence-corrected chi connectivity index (χ2v) is 9.84. The second-order valence-electron chi connectivity index (χ2n) is 9.84. The molecule has 5 heteroatoms. The Morgan fingerprint density at radius 1 is 1.15 bits per heavy atom. The number of carbonyl (C=O) groups excluding carboxylic acids is 1. The summed E-state index contributed by atoms with van der Waals surface area (Å²) in [6.45, 7) is 12.0. The van der Waals surface area contributed by atoms with Gasteiger partial charge in [0.25, 0.3) is 5.91 Å². The van der Waals surface area contributed by atoms with E-state index >= 15 is 0 Å². The normalized spacial score (nSPS) is 31.3. The number of fused-ring (bicyclic) bond motifs is 2. The summed E-state index contributed by atoms with van der Waals surface area (Å²) in [6.07, 6.45) is 5.28. The molecule has 0 radical (unpaired) electrons. The van der Waals surface area contributed by atoms with Crippen molar-refractivity contribution in [1.82, 2.24) is 14.8 Å². The highest BCUT2D eigenvalue weighted by Crippen LogP contribution is 2.52. The van der Waals surface area contributed by atoms with Crippen LogP contribution >= 0.6 is 0 Å². The van der Waals surface area contributed by atoms with Gasteiger partial charge >= 0.3 is 0 Å². The number of amides is 1. The highest BCUT2D eigenvalue weighted by atomic mass is 16.2. The molecule has 4 rings (SSSR count). The lowest BCUT2D eigenvalue weighted by Crippen LogP contribution is -2.45. The third-order valence-electron chi connectivity index (χ3n) is 6.50. The number of likely N-dealkylation sites (N-methyl/N-ethyl adjacent to an activating group) is 1. The zero-order valence-corrected chi connectivity index (χ0v) is 16.7. The van der Waals surface area contributed by atoms with E-state index in [0.29, 0.717) is 11.5 Å². The van der Waals surface area contributed by atoms with E-state index in [1.165, 1.54) is 6.42 Å². The van der Waals surface area contributed by atoms with Gasteiger partial charge in [0.2, 0.25) is 0 Å². The lowest BCUT2D eigenvalue weighted by Gasteiger charge is -2.39. The number of nitrogens with zero attached hydrogens (tertiary/aromatic N) is 4. The molecular weight excluding hydrogens is 324 g/mol. The number of carbonyl (C=O) groups is 1. The van der Waals surface area contributed by atoms with E-state index in [1.54, 1.807) is 6.20 Å². The topological polar surface area (TPSA) is 39.7 Å². The second kappa shape index (κ2) is 6.22. The molecule has 2 unspecified atom stereocenters. The smallest absolute Gasteiger partial charge is 0.254 e. The number of hydrogen-bond donors (Lipinski definition) is 0. The Morgan fingerprint density at radius 2 is 1.88 bits per heavy atom. The number of likely N-dealkylation sites (tertiary alicyclic amines) is 1. The van der Waals surface area contributed by atoms with Gasteiger partial charge in [-0.2, -0.15) is 0 Å². The molecule has 2 atom stereocenters. The SMILES string of the molecule is CN1CCN(c2cc(C(=O)N3CC4(C)CC3CC(C)(C)C4)ccn2)CC1. The first-order valence-corrected chi connectivity index (χ1v) is 9.95. The van der Waals surface area contributed by atoms with Crippen molar-refractivity contribution in [2.24, 2.45) is 10.8 Å². The fraction of sp³-hybridized carbons (Fsp3) is 0.714. The zero-order valence-electron chi connectivity index (χ0n) is 16.7. The quantitative estimate of drug-likeness (QED) is 0.817. The molecule has 2 aliphatic heterocycles. The summed E-state index contributed by atoms with van der Waals surface area (Å²) in [6, 6.07) is 4.28. The van der Waals surface area contributed by atoms with Crippen LogP contribution in [0.3, 0.4) is 0 Å². The Hall–Kier alpha value is -1.62. The molecule has 0 aromatic carbocycles. The molecule has 0 spiro atoms. The van der Waals surface area contributed by atoms with E-state index in [2.05, 4.69) is 47.5 Å². The van der Waals surface area contributed by atoms with Crippen molar-refractivity contribution in [3.63, 3.8) is 0 Å². The number of pyridine rings is 1. The van der Waals surface area contributed by atoms with Crippen LogP contribution in [0.15, 0.2) is 18.3 Å². The van der Waals surface area contributed by atoms with Crippen molar-refractivity contribution < 1.29 is 4.79 Å². The third-order valence-corrected chi connectivity index (χ3v) is 6.50. The Kier molecular flexibility index (Phi) is 4.25. The van der Waals surface area contributed by atoms with Crippen molar-refractivity contribution in [2.75, 3.05) is 44.7 Å². The molecule has 2 bridgehead atoms. The fourth-order valence-corrected chi connectivity index (χ4v) is 5.62. The maximum atomic E-state index is 13.3. The maximum Gasteiger partial charge on any atom is 0.254 e. The van der Waals surface area contributed by atoms with Crippen LogP contribution in [0.5, 0.6) is 0 Å². The Balaban J connectivity index is 1.53. The molecule has 1 aromatic heterocycles. The molecule has 26 heavy (non-hydrogen) atoms. The molecule has 3 fully saturated rings. The minimum atomic E-state index is 0.189. The number of rotatable bonds is 2. The summed E-state index contributed by atoms with van der Waals surface area (Å²) >= 11 is 0. The van der Waals surface area contributed by atoms with Gasteiger partial charge in [0.15, 0.2) is 0 Å². The molecule has 3 aliphatic rings. The number of piperazine rings is 1. The predicted molar refractivity (Wildman–Crippen MR) is 105 cm³/mol. The zero-order chi connectivity index (χ0) is 18.5. The van der Waals surface area contributed by atoms with Crippen molar-refractivity contribution in [3.05, 3.63) is 23.9 Å². The van der Waals surface area contributed by atoms with Crippen LogP contribution < -0.4 is 4.90 Å². The van der Waals surface area contributed by atoms with E-state index in [9.17, 15) is 4.79 Å². The Morgan fingerprint density at radius 3 is 2.62 bits per heavy atom. The van der Waals surface area contributed by atoms with E-state index in [0.717, 1.165) is 56.9 Å². The summed E-state index contributed by atoms with van der Waals surface area (Å²) in [5, 5.41) is 0. The van der Waals surface area contributed by atoms with E-state index in [4.69, 9.17) is 0 Å². The number of hydrogen-bond acceptors (Lipinski definition) is 4. The van der Waals surface area contributed by atoms with Crippen molar-refractivity contribution in [3.8, 4) is 0 Å². The van der Waals surface area contributed by atoms with Gasteiger partial charge < -0.3 is 14.7 Å².